The monoisotopic (exact) mass is 392 g/mol. The van der Waals surface area contributed by atoms with Gasteiger partial charge in [0, 0.05) is 29.2 Å². The SMILES string of the molecule is O=C1CC(c2cccs2)Cc2nc3nc(SCc4ccccc4)nn3cc21. The Morgan fingerprint density at radius 1 is 1.11 bits per heavy atom. The Morgan fingerprint density at radius 2 is 2.00 bits per heavy atom. The molecule has 0 amide bonds. The summed E-state index contributed by atoms with van der Waals surface area (Å²) in [7, 11) is 0. The van der Waals surface area contributed by atoms with Crippen LogP contribution in [0.1, 0.15) is 38.8 Å². The molecule has 1 unspecified atom stereocenters. The zero-order valence-corrected chi connectivity index (χ0v) is 16.0. The van der Waals surface area contributed by atoms with Gasteiger partial charge in [-0.15, -0.1) is 16.4 Å². The molecule has 7 heteroatoms. The first-order valence-electron chi connectivity index (χ1n) is 8.76. The van der Waals surface area contributed by atoms with E-state index in [-0.39, 0.29) is 11.7 Å². The molecule has 5 rings (SSSR count). The Hall–Kier alpha value is -2.51. The van der Waals surface area contributed by atoms with Crippen molar-refractivity contribution in [1.29, 1.82) is 0 Å². The van der Waals surface area contributed by atoms with Gasteiger partial charge in [0.2, 0.25) is 5.16 Å². The Kier molecular flexibility index (Phi) is 4.26. The van der Waals surface area contributed by atoms with Gasteiger partial charge in [0.15, 0.2) is 5.78 Å². The number of carbonyl (C=O) groups excluding carboxylic acids is 1. The van der Waals surface area contributed by atoms with Crippen LogP contribution in [-0.2, 0) is 12.2 Å². The van der Waals surface area contributed by atoms with Crippen molar-refractivity contribution >= 4 is 34.7 Å². The number of carbonyl (C=O) groups is 1. The van der Waals surface area contributed by atoms with Crippen LogP contribution in [0.5, 0.6) is 0 Å². The summed E-state index contributed by atoms with van der Waals surface area (Å²) in [5.41, 5.74) is 2.74. The molecule has 4 aromatic rings. The molecule has 1 aliphatic carbocycles. The predicted octanol–water partition coefficient (Wildman–Crippen LogP) is 4.39. The second kappa shape index (κ2) is 6.90. The van der Waals surface area contributed by atoms with Crippen LogP contribution in [0.25, 0.3) is 5.78 Å². The van der Waals surface area contributed by atoms with E-state index in [0.29, 0.717) is 22.9 Å². The van der Waals surface area contributed by atoms with Crippen LogP contribution in [0.15, 0.2) is 59.2 Å². The number of benzene rings is 1. The second-order valence-electron chi connectivity index (χ2n) is 6.56. The predicted molar refractivity (Wildman–Crippen MR) is 106 cm³/mol. The number of ketones is 1. The first-order valence-corrected chi connectivity index (χ1v) is 10.6. The first kappa shape index (κ1) is 16.6. The van der Waals surface area contributed by atoms with Crippen molar-refractivity contribution in [1.82, 2.24) is 19.6 Å². The lowest BCUT2D eigenvalue weighted by atomic mass is 9.86. The quantitative estimate of drug-likeness (QED) is 0.482. The zero-order valence-electron chi connectivity index (χ0n) is 14.4. The first-order chi connectivity index (χ1) is 13.3. The minimum Gasteiger partial charge on any atom is -0.294 e. The van der Waals surface area contributed by atoms with Crippen molar-refractivity contribution in [3.05, 3.63) is 75.7 Å². The van der Waals surface area contributed by atoms with Crippen molar-refractivity contribution in [3.63, 3.8) is 0 Å². The van der Waals surface area contributed by atoms with Gasteiger partial charge in [-0.05, 0) is 23.4 Å². The maximum absolute atomic E-state index is 12.7. The number of thiophene rings is 1. The molecule has 134 valence electrons. The standard InChI is InChI=1S/C20H16N4OS2/c25-17-10-14(18-7-4-8-26-18)9-16-15(17)11-24-19(21-16)22-20(23-24)27-12-13-5-2-1-3-6-13/h1-8,11,14H,9-10,12H2. The van der Waals surface area contributed by atoms with Crippen LogP contribution in [0.2, 0.25) is 0 Å². The minimum absolute atomic E-state index is 0.137. The van der Waals surface area contributed by atoms with Crippen molar-refractivity contribution in [2.24, 2.45) is 0 Å². The molecule has 0 saturated heterocycles. The third-order valence-electron chi connectivity index (χ3n) is 4.72. The number of nitrogens with zero attached hydrogens (tertiary/aromatic N) is 4. The topological polar surface area (TPSA) is 60.2 Å². The van der Waals surface area contributed by atoms with Crippen molar-refractivity contribution < 1.29 is 4.79 Å². The largest absolute Gasteiger partial charge is 0.294 e. The van der Waals surface area contributed by atoms with Gasteiger partial charge in [0.05, 0.1) is 11.3 Å². The van der Waals surface area contributed by atoms with Gasteiger partial charge in [-0.2, -0.15) is 4.98 Å². The third kappa shape index (κ3) is 3.28. The fraction of sp³-hybridized carbons (Fsp3) is 0.200. The van der Waals surface area contributed by atoms with Crippen molar-refractivity contribution in [2.45, 2.75) is 29.7 Å². The number of Topliss-reactive ketones (excluding diaryl/α,β-unsaturated/α-hetero) is 1. The van der Waals surface area contributed by atoms with E-state index in [0.717, 1.165) is 17.9 Å². The van der Waals surface area contributed by atoms with E-state index >= 15 is 0 Å². The van der Waals surface area contributed by atoms with E-state index in [9.17, 15) is 4.79 Å². The summed E-state index contributed by atoms with van der Waals surface area (Å²) < 4.78 is 1.63. The van der Waals surface area contributed by atoms with Crippen LogP contribution in [0.4, 0.5) is 0 Å². The summed E-state index contributed by atoms with van der Waals surface area (Å²) in [4.78, 5) is 23.1. The number of aromatic nitrogens is 4. The van der Waals surface area contributed by atoms with Crippen LogP contribution < -0.4 is 0 Å². The number of fused-ring (bicyclic) bond motifs is 2. The molecular formula is C20H16N4OS2. The molecule has 1 aliphatic rings. The highest BCUT2D eigenvalue weighted by Crippen LogP contribution is 2.34. The number of hydrogen-bond acceptors (Lipinski definition) is 6. The van der Waals surface area contributed by atoms with E-state index in [1.165, 1.54) is 10.4 Å². The lowest BCUT2D eigenvalue weighted by Gasteiger charge is -2.21. The van der Waals surface area contributed by atoms with Crippen LogP contribution >= 0.6 is 23.1 Å². The summed E-state index contributed by atoms with van der Waals surface area (Å²) in [5.74, 6) is 1.72. The molecule has 0 spiro atoms. The highest BCUT2D eigenvalue weighted by atomic mass is 32.2. The molecule has 0 fully saturated rings. The average Bonchev–Trinajstić information content (AvgIpc) is 3.35. The lowest BCUT2D eigenvalue weighted by molar-refractivity contribution is 0.0963. The minimum atomic E-state index is 0.137. The lowest BCUT2D eigenvalue weighted by Crippen LogP contribution is -2.20. The van der Waals surface area contributed by atoms with Gasteiger partial charge in [-0.25, -0.2) is 9.50 Å². The molecule has 5 nitrogen and oxygen atoms in total. The number of hydrogen-bond donors (Lipinski definition) is 0. The molecule has 1 atom stereocenters. The van der Waals surface area contributed by atoms with Gasteiger partial charge in [0.25, 0.3) is 5.78 Å². The van der Waals surface area contributed by atoms with E-state index in [1.54, 1.807) is 33.8 Å². The average molecular weight is 393 g/mol. The van der Waals surface area contributed by atoms with Crippen LogP contribution in [0.3, 0.4) is 0 Å². The van der Waals surface area contributed by atoms with Gasteiger partial charge < -0.3 is 0 Å². The Morgan fingerprint density at radius 3 is 2.81 bits per heavy atom. The fourth-order valence-corrected chi connectivity index (χ4v) is 4.98. The Bertz CT molecular complexity index is 1110. The van der Waals surface area contributed by atoms with Crippen molar-refractivity contribution in [2.75, 3.05) is 0 Å². The molecule has 27 heavy (non-hydrogen) atoms. The molecule has 3 heterocycles. The summed E-state index contributed by atoms with van der Waals surface area (Å²) in [6, 6.07) is 14.4. The summed E-state index contributed by atoms with van der Waals surface area (Å²) >= 11 is 3.28. The van der Waals surface area contributed by atoms with Crippen LogP contribution in [0, 0.1) is 0 Å². The van der Waals surface area contributed by atoms with Crippen molar-refractivity contribution in [3.8, 4) is 0 Å². The van der Waals surface area contributed by atoms with Gasteiger partial charge >= 0.3 is 0 Å². The van der Waals surface area contributed by atoms with E-state index in [4.69, 9.17) is 0 Å². The molecule has 0 bridgehead atoms. The number of thioether (sulfide) groups is 1. The second-order valence-corrected chi connectivity index (χ2v) is 8.48. The van der Waals surface area contributed by atoms with Crippen LogP contribution in [-0.4, -0.2) is 25.4 Å². The smallest absolute Gasteiger partial charge is 0.253 e. The molecule has 0 N–H and O–H groups in total. The third-order valence-corrected chi connectivity index (χ3v) is 6.66. The fourth-order valence-electron chi connectivity index (χ4n) is 3.37. The normalized spacial score (nSPS) is 16.6. The van der Waals surface area contributed by atoms with Gasteiger partial charge in [-0.1, -0.05) is 48.2 Å². The highest BCUT2D eigenvalue weighted by molar-refractivity contribution is 7.98. The molecular weight excluding hydrogens is 376 g/mol. The van der Waals surface area contributed by atoms with E-state index in [1.807, 2.05) is 24.3 Å². The number of rotatable bonds is 4. The molecule has 0 radical (unpaired) electrons. The summed E-state index contributed by atoms with van der Waals surface area (Å²) in [6.07, 6.45) is 3.10. The highest BCUT2D eigenvalue weighted by Gasteiger charge is 2.29. The Balaban J connectivity index is 1.42. The molecule has 0 saturated carbocycles. The molecule has 1 aromatic carbocycles. The van der Waals surface area contributed by atoms with E-state index < -0.39 is 0 Å². The molecule has 3 aromatic heterocycles. The van der Waals surface area contributed by atoms with E-state index in [2.05, 4.69) is 38.6 Å². The maximum Gasteiger partial charge on any atom is 0.253 e. The molecule has 0 aliphatic heterocycles. The summed E-state index contributed by atoms with van der Waals surface area (Å²) in [5, 5.41) is 7.23. The zero-order chi connectivity index (χ0) is 18.2. The van der Waals surface area contributed by atoms with Gasteiger partial charge in [0.1, 0.15) is 0 Å². The Labute approximate surface area is 164 Å². The van der Waals surface area contributed by atoms with Gasteiger partial charge in [-0.3, -0.25) is 4.79 Å². The maximum atomic E-state index is 12.7. The summed E-state index contributed by atoms with van der Waals surface area (Å²) in [6.45, 7) is 0.